The van der Waals surface area contributed by atoms with Gasteiger partial charge in [-0.1, -0.05) is 51.9 Å². The minimum Gasteiger partial charge on any atom is -0.264 e. The van der Waals surface area contributed by atoms with Crippen molar-refractivity contribution < 1.29 is 31.8 Å². The third-order valence-electron chi connectivity index (χ3n) is 3.80. The number of carbonyl (C=O) groups excluding carboxylic acids is 1. The Morgan fingerprint density at radius 3 is 1.70 bits per heavy atom. The van der Waals surface area contributed by atoms with Gasteiger partial charge < -0.3 is 0 Å². The quantitative estimate of drug-likeness (QED) is 0.197. The summed E-state index contributed by atoms with van der Waals surface area (Å²) in [6.07, 6.45) is 13.0. The Bertz CT molecular complexity index is 408. The van der Waals surface area contributed by atoms with Gasteiger partial charge in [0, 0.05) is 0 Å². The van der Waals surface area contributed by atoms with E-state index in [9.17, 15) is 4.79 Å². The molecule has 0 heterocycles. The van der Waals surface area contributed by atoms with Crippen molar-refractivity contribution in [3.63, 3.8) is 0 Å². The number of ether oxygens (including phenoxy) is 2. The predicted octanol–water partition coefficient (Wildman–Crippen LogP) is 3.83. The topological polar surface area (TPSA) is 110 Å². The molecule has 0 fully saturated rings. The van der Waals surface area contributed by atoms with E-state index in [1.54, 1.807) is 0 Å². The Balaban J connectivity index is 0. The van der Waals surface area contributed by atoms with Crippen molar-refractivity contribution in [2.24, 2.45) is 0 Å². The predicted molar refractivity (Wildman–Crippen MR) is 108 cm³/mol. The first-order chi connectivity index (χ1) is 12.8. The summed E-state index contributed by atoms with van der Waals surface area (Å²) < 4.78 is 43.5. The van der Waals surface area contributed by atoms with Gasteiger partial charge in [-0.25, -0.2) is 0 Å². The summed E-state index contributed by atoms with van der Waals surface area (Å²) in [6.45, 7) is 4.94. The first kappa shape index (κ1) is 29.7. The van der Waals surface area contributed by atoms with Crippen LogP contribution in [-0.4, -0.2) is 77.7 Å². The second-order valence-corrected chi connectivity index (χ2v) is 8.44. The van der Waals surface area contributed by atoms with Crippen LogP contribution in [0.3, 0.4) is 0 Å². The fourth-order valence-corrected chi connectivity index (χ4v) is 2.70. The number of rotatable bonds is 18. The molecule has 0 aliphatic heterocycles. The third kappa shape index (κ3) is 37.8. The average Bonchev–Trinajstić information content (AvgIpc) is 2.58. The van der Waals surface area contributed by atoms with Crippen molar-refractivity contribution in [1.29, 1.82) is 0 Å². The van der Waals surface area contributed by atoms with Crippen molar-refractivity contribution in [1.82, 2.24) is 0 Å². The summed E-state index contributed by atoms with van der Waals surface area (Å²) in [4.78, 5) is 11.7. The first-order valence-corrected chi connectivity index (χ1v) is 13.0. The van der Waals surface area contributed by atoms with E-state index in [0.717, 1.165) is 19.4 Å². The normalized spacial score (nSPS) is 11.1. The van der Waals surface area contributed by atoms with Crippen LogP contribution in [0, 0.1) is 0 Å². The molecule has 0 saturated carbocycles. The van der Waals surface area contributed by atoms with Gasteiger partial charge in [0.2, 0.25) is 0 Å². The molecule has 0 aliphatic rings. The molecule has 2 N–H and O–H groups in total. The maximum Gasteiger partial charge on any atom is 0.394 e. The van der Waals surface area contributed by atoms with Gasteiger partial charge in [0.15, 0.2) is 0 Å². The van der Waals surface area contributed by atoms with Crippen LogP contribution in [0.1, 0.15) is 77.6 Å². The molecular weight excluding hydrogens is 383 g/mol. The Labute approximate surface area is 183 Å². The van der Waals surface area contributed by atoms with Crippen LogP contribution in [0.25, 0.3) is 0 Å². The molecule has 27 heavy (non-hydrogen) atoms. The van der Waals surface area contributed by atoms with Crippen molar-refractivity contribution in [2.75, 3.05) is 26.4 Å². The summed E-state index contributed by atoms with van der Waals surface area (Å²) in [7, 11) is -4.67. The maximum atomic E-state index is 11.7. The maximum absolute atomic E-state index is 11.7. The molecule has 0 aliphatic carbocycles. The second kappa shape index (κ2) is 22.7. The molecule has 0 amide bonds. The molecule has 0 bridgehead atoms. The van der Waals surface area contributed by atoms with Gasteiger partial charge in [0.1, 0.15) is 0 Å². The molecule has 0 aromatic carbocycles. The zero-order valence-electron chi connectivity index (χ0n) is 17.2. The van der Waals surface area contributed by atoms with E-state index < -0.39 is 10.4 Å². The van der Waals surface area contributed by atoms with Crippen LogP contribution in [0.4, 0.5) is 0 Å². The Morgan fingerprint density at radius 2 is 1.22 bits per heavy atom. The standard InChI is InChI=1S/C18H35O3.Na.H2O4S/c1-3-5-6-7-8-9-10-11-12-13-18(19)14-15-21-17-16-20-4-2;;1-5(2,3)4/h2-17H2,1H3;;(H2,1,2,3,4). The van der Waals surface area contributed by atoms with E-state index in [4.69, 9.17) is 27.0 Å². The minimum atomic E-state index is -4.67. The number of ketones is 1. The summed E-state index contributed by atoms with van der Waals surface area (Å²) in [5.74, 6) is 0.350. The number of hydrogen-bond acceptors (Lipinski definition) is 5. The first-order valence-electron chi connectivity index (χ1n) is 10.2. The molecule has 0 aromatic rings. The van der Waals surface area contributed by atoms with Gasteiger partial charge in [-0.3, -0.25) is 9.11 Å². The zero-order chi connectivity index (χ0) is 20.8. The smallest absolute Gasteiger partial charge is 0.264 e. The van der Waals surface area contributed by atoms with Gasteiger partial charge in [0.25, 0.3) is 0 Å². The van der Waals surface area contributed by atoms with Gasteiger partial charge in [-0.05, 0) is 0 Å². The van der Waals surface area contributed by atoms with E-state index in [0.29, 0.717) is 32.0 Å². The van der Waals surface area contributed by atoms with E-state index in [-0.39, 0.29) is 0 Å². The summed E-state index contributed by atoms with van der Waals surface area (Å²) in [5.41, 5.74) is 0. The second-order valence-electron chi connectivity index (χ2n) is 6.54. The van der Waals surface area contributed by atoms with Crippen molar-refractivity contribution in [3.8, 4) is 0 Å². The number of carbonyl (C=O) groups is 1. The summed E-state index contributed by atoms with van der Waals surface area (Å²) in [6, 6.07) is 0. The van der Waals surface area contributed by atoms with E-state index in [2.05, 4.69) is 6.92 Å². The Kier molecular flexibility index (Phi) is 25.0. The molecule has 7 nitrogen and oxygen atoms in total. The fourth-order valence-electron chi connectivity index (χ4n) is 2.41. The Morgan fingerprint density at radius 1 is 0.778 bits per heavy atom. The largest absolute Gasteiger partial charge is 0.394 e. The SMILES string of the molecule is CCCCCCCCCCCC(=O)CCOCCOC[CH2][Na].O=S(=O)(O)O. The molecule has 0 spiro atoms. The molecule has 0 rings (SSSR count). The van der Waals surface area contributed by atoms with Crippen LogP contribution in [0.5, 0.6) is 0 Å². The van der Waals surface area contributed by atoms with Gasteiger partial charge >= 0.3 is 114 Å². The summed E-state index contributed by atoms with van der Waals surface area (Å²) >= 11 is 1.20. The molecular formula is C18H37NaO7S. The van der Waals surface area contributed by atoms with Crippen molar-refractivity contribution in [3.05, 3.63) is 0 Å². The molecule has 9 heteroatoms. The van der Waals surface area contributed by atoms with E-state index >= 15 is 0 Å². The number of hydrogen-bond donors (Lipinski definition) is 2. The van der Waals surface area contributed by atoms with Crippen LogP contribution in [-0.2, 0) is 24.7 Å². The molecule has 0 atom stereocenters. The van der Waals surface area contributed by atoms with Crippen LogP contribution >= 0.6 is 0 Å². The van der Waals surface area contributed by atoms with Gasteiger partial charge in [-0.15, -0.1) is 0 Å². The average molecular weight is 421 g/mol. The molecule has 0 unspecified atom stereocenters. The molecule has 0 saturated heterocycles. The Hall–Kier alpha value is 0.460. The number of Topliss-reactive ketones (excluding diaryl/α,β-unsaturated/α-hetero) is 1. The summed E-state index contributed by atoms with van der Waals surface area (Å²) in [5, 5.41) is 0. The van der Waals surface area contributed by atoms with Gasteiger partial charge in [-0.2, -0.15) is 8.42 Å². The monoisotopic (exact) mass is 420 g/mol. The van der Waals surface area contributed by atoms with Crippen LogP contribution in [0.2, 0.25) is 3.67 Å². The van der Waals surface area contributed by atoms with E-state index in [1.165, 1.54) is 83.0 Å². The van der Waals surface area contributed by atoms with Crippen molar-refractivity contribution in [2.45, 2.75) is 81.2 Å². The van der Waals surface area contributed by atoms with Crippen LogP contribution < -0.4 is 0 Å². The molecule has 0 aromatic heterocycles. The number of unbranched alkanes of at least 4 members (excludes halogenated alkanes) is 8. The van der Waals surface area contributed by atoms with Crippen molar-refractivity contribution >= 4 is 44.1 Å². The molecule has 158 valence electrons. The van der Waals surface area contributed by atoms with E-state index in [1.807, 2.05) is 0 Å². The fraction of sp³-hybridized carbons (Fsp3) is 0.944. The molecule has 0 radical (unpaired) electrons. The van der Waals surface area contributed by atoms with Gasteiger partial charge in [0.05, 0.1) is 0 Å². The van der Waals surface area contributed by atoms with Crippen LogP contribution in [0.15, 0.2) is 0 Å². The minimum absolute atomic E-state index is 0.350. The zero-order valence-corrected chi connectivity index (χ0v) is 20.0. The third-order valence-corrected chi connectivity index (χ3v) is 4.21.